The molecule has 0 aliphatic carbocycles. The monoisotopic (exact) mass is 260 g/mol. The van der Waals surface area contributed by atoms with Gasteiger partial charge < -0.3 is 4.79 Å². The Hall–Kier alpha value is -0.340. The molecule has 0 bridgehead atoms. The van der Waals surface area contributed by atoms with E-state index < -0.39 is 0 Å². The van der Waals surface area contributed by atoms with Crippen molar-refractivity contribution in [2.45, 2.75) is 19.8 Å². The average Bonchev–Trinajstić information content (AvgIpc) is 2.02. The number of benzene rings is 1. The van der Waals surface area contributed by atoms with Gasteiger partial charge in [0.2, 0.25) is 0 Å². The second kappa shape index (κ2) is 4.77. The molecule has 1 nitrogen and oxygen atoms in total. The van der Waals surface area contributed by atoms with Crippen molar-refractivity contribution in [1.82, 2.24) is 0 Å². The fourth-order valence-corrected chi connectivity index (χ4v) is 1.80. The lowest BCUT2D eigenvalue weighted by molar-refractivity contribution is -0.116. The van der Waals surface area contributed by atoms with Crippen LogP contribution in [-0.4, -0.2) is 5.78 Å². The number of halogens is 2. The van der Waals surface area contributed by atoms with Crippen LogP contribution in [0, 0.1) is 0 Å². The molecule has 0 N–H and O–H groups in total. The molecule has 0 aromatic heterocycles. The first-order valence-corrected chi connectivity index (χ1v) is 5.20. The van der Waals surface area contributed by atoms with Gasteiger partial charge in [-0.3, -0.25) is 0 Å². The average molecular weight is 262 g/mol. The molecule has 0 saturated heterocycles. The van der Waals surface area contributed by atoms with Crippen molar-refractivity contribution in [2.24, 2.45) is 0 Å². The third-order valence-electron chi connectivity index (χ3n) is 1.76. The summed E-state index contributed by atoms with van der Waals surface area (Å²) in [6.45, 7) is 1.59. The summed E-state index contributed by atoms with van der Waals surface area (Å²) < 4.78 is 0.962. The van der Waals surface area contributed by atoms with E-state index in [1.54, 1.807) is 6.92 Å². The molecule has 0 spiro atoms. The highest BCUT2D eigenvalue weighted by molar-refractivity contribution is 9.10. The lowest BCUT2D eigenvalue weighted by Gasteiger charge is -2.02. The number of hydrogen-bond acceptors (Lipinski definition) is 1. The number of carbonyl (C=O) groups is 1. The van der Waals surface area contributed by atoms with Crippen molar-refractivity contribution >= 4 is 33.3 Å². The van der Waals surface area contributed by atoms with Crippen LogP contribution in [0.25, 0.3) is 0 Å². The molecule has 0 heterocycles. The Morgan fingerprint density at radius 1 is 1.54 bits per heavy atom. The maximum atomic E-state index is 10.7. The van der Waals surface area contributed by atoms with Gasteiger partial charge in [0, 0.05) is 15.9 Å². The van der Waals surface area contributed by atoms with E-state index in [0.717, 1.165) is 21.5 Å². The highest BCUT2D eigenvalue weighted by atomic mass is 79.9. The third-order valence-corrected chi connectivity index (χ3v) is 2.61. The van der Waals surface area contributed by atoms with Gasteiger partial charge in [0.15, 0.2) is 0 Å². The highest BCUT2D eigenvalue weighted by Gasteiger charge is 2.02. The van der Waals surface area contributed by atoms with Crippen LogP contribution in [-0.2, 0) is 11.2 Å². The number of aryl methyl sites for hydroxylation is 1. The summed E-state index contributed by atoms with van der Waals surface area (Å²) in [6.07, 6.45) is 1.28. The molecule has 1 aromatic carbocycles. The summed E-state index contributed by atoms with van der Waals surface area (Å²) in [7, 11) is 0. The first-order chi connectivity index (χ1) is 6.09. The van der Waals surface area contributed by atoms with Gasteiger partial charge in [-0.25, -0.2) is 0 Å². The van der Waals surface area contributed by atoms with E-state index in [0.29, 0.717) is 6.42 Å². The van der Waals surface area contributed by atoms with E-state index in [2.05, 4.69) is 15.9 Å². The SMILES string of the molecule is CC(=O)CCc1ccc(Br)cc1Cl. The number of ketones is 1. The number of rotatable bonds is 3. The van der Waals surface area contributed by atoms with Crippen LogP contribution in [0.15, 0.2) is 22.7 Å². The summed E-state index contributed by atoms with van der Waals surface area (Å²) in [5, 5.41) is 0.718. The Labute approximate surface area is 91.2 Å². The first kappa shape index (κ1) is 10.7. The summed E-state index contributed by atoms with van der Waals surface area (Å²) in [5.74, 6) is 0.194. The zero-order valence-corrected chi connectivity index (χ0v) is 9.65. The molecule has 0 atom stereocenters. The van der Waals surface area contributed by atoms with Gasteiger partial charge in [0.05, 0.1) is 0 Å². The van der Waals surface area contributed by atoms with Gasteiger partial charge in [-0.05, 0) is 31.0 Å². The van der Waals surface area contributed by atoms with Crippen molar-refractivity contribution < 1.29 is 4.79 Å². The largest absolute Gasteiger partial charge is 0.300 e. The van der Waals surface area contributed by atoms with Crippen molar-refractivity contribution in [3.05, 3.63) is 33.3 Å². The number of carbonyl (C=O) groups excluding carboxylic acids is 1. The highest BCUT2D eigenvalue weighted by Crippen LogP contribution is 2.22. The van der Waals surface area contributed by atoms with E-state index in [4.69, 9.17) is 11.6 Å². The van der Waals surface area contributed by atoms with Gasteiger partial charge in [-0.15, -0.1) is 0 Å². The van der Waals surface area contributed by atoms with E-state index >= 15 is 0 Å². The summed E-state index contributed by atoms with van der Waals surface area (Å²) in [6, 6.07) is 5.72. The van der Waals surface area contributed by atoms with Crippen molar-refractivity contribution in [1.29, 1.82) is 0 Å². The van der Waals surface area contributed by atoms with Crippen LogP contribution in [0.3, 0.4) is 0 Å². The molecule has 0 radical (unpaired) electrons. The zero-order valence-electron chi connectivity index (χ0n) is 7.31. The fourth-order valence-electron chi connectivity index (χ4n) is 1.04. The Morgan fingerprint density at radius 3 is 2.77 bits per heavy atom. The zero-order chi connectivity index (χ0) is 9.84. The molecular formula is C10H10BrClO. The molecule has 70 valence electrons. The van der Waals surface area contributed by atoms with E-state index in [9.17, 15) is 4.79 Å². The molecule has 13 heavy (non-hydrogen) atoms. The van der Waals surface area contributed by atoms with Gasteiger partial charge in [0.25, 0.3) is 0 Å². The first-order valence-electron chi connectivity index (χ1n) is 4.03. The number of hydrogen-bond donors (Lipinski definition) is 0. The standard InChI is InChI=1S/C10H10BrClO/c1-7(13)2-3-8-4-5-9(11)6-10(8)12/h4-6H,2-3H2,1H3. The predicted octanol–water partition coefficient (Wildman–Crippen LogP) is 3.62. The van der Waals surface area contributed by atoms with Crippen LogP contribution in [0.5, 0.6) is 0 Å². The maximum absolute atomic E-state index is 10.7. The summed E-state index contributed by atoms with van der Waals surface area (Å²) in [5.41, 5.74) is 1.03. The second-order valence-corrected chi connectivity index (χ2v) is 4.26. The van der Waals surface area contributed by atoms with Gasteiger partial charge in [-0.1, -0.05) is 33.6 Å². The Morgan fingerprint density at radius 2 is 2.23 bits per heavy atom. The fraction of sp³-hybridized carbons (Fsp3) is 0.300. The molecular weight excluding hydrogens is 251 g/mol. The smallest absolute Gasteiger partial charge is 0.130 e. The van der Waals surface area contributed by atoms with Crippen molar-refractivity contribution in [3.63, 3.8) is 0 Å². The Bertz CT molecular complexity index is 323. The van der Waals surface area contributed by atoms with Crippen LogP contribution in [0.4, 0.5) is 0 Å². The molecule has 0 fully saturated rings. The summed E-state index contributed by atoms with van der Waals surface area (Å²) in [4.78, 5) is 10.7. The molecule has 1 rings (SSSR count). The Balaban J connectivity index is 2.72. The van der Waals surface area contributed by atoms with Gasteiger partial charge >= 0.3 is 0 Å². The van der Waals surface area contributed by atoms with Crippen LogP contribution in [0.2, 0.25) is 5.02 Å². The minimum absolute atomic E-state index is 0.194. The summed E-state index contributed by atoms with van der Waals surface area (Å²) >= 11 is 9.30. The number of Topliss-reactive ketones (excluding diaryl/α,β-unsaturated/α-hetero) is 1. The molecule has 0 unspecified atom stereocenters. The molecule has 1 aromatic rings. The minimum Gasteiger partial charge on any atom is -0.300 e. The topological polar surface area (TPSA) is 17.1 Å². The quantitative estimate of drug-likeness (QED) is 0.812. The molecule has 0 aliphatic heterocycles. The second-order valence-electron chi connectivity index (χ2n) is 2.94. The van der Waals surface area contributed by atoms with E-state index in [1.807, 2.05) is 18.2 Å². The lowest BCUT2D eigenvalue weighted by Crippen LogP contribution is -1.94. The van der Waals surface area contributed by atoms with E-state index in [-0.39, 0.29) is 5.78 Å². The maximum Gasteiger partial charge on any atom is 0.130 e. The molecule has 0 aliphatic rings. The lowest BCUT2D eigenvalue weighted by atomic mass is 10.1. The normalized spacial score (nSPS) is 10.1. The third kappa shape index (κ3) is 3.49. The molecule has 0 saturated carbocycles. The molecule has 0 amide bonds. The van der Waals surface area contributed by atoms with Crippen molar-refractivity contribution in [2.75, 3.05) is 0 Å². The Kier molecular flexibility index (Phi) is 3.94. The van der Waals surface area contributed by atoms with Crippen molar-refractivity contribution in [3.8, 4) is 0 Å². The van der Waals surface area contributed by atoms with E-state index in [1.165, 1.54) is 0 Å². The predicted molar refractivity (Wildman–Crippen MR) is 58.2 cm³/mol. The van der Waals surface area contributed by atoms with Crippen LogP contribution >= 0.6 is 27.5 Å². The van der Waals surface area contributed by atoms with Crippen LogP contribution < -0.4 is 0 Å². The van der Waals surface area contributed by atoms with Gasteiger partial charge in [-0.2, -0.15) is 0 Å². The van der Waals surface area contributed by atoms with Crippen LogP contribution in [0.1, 0.15) is 18.9 Å². The van der Waals surface area contributed by atoms with Gasteiger partial charge in [0.1, 0.15) is 5.78 Å². The molecule has 3 heteroatoms. The minimum atomic E-state index is 0.194.